The molecule has 0 saturated carbocycles. The van der Waals surface area contributed by atoms with Crippen LogP contribution in [0.15, 0.2) is 18.5 Å². The van der Waals surface area contributed by atoms with Crippen LogP contribution in [0.1, 0.15) is 22.3 Å². The van der Waals surface area contributed by atoms with E-state index < -0.39 is 0 Å². The minimum Gasteiger partial charge on any atom is -0.384 e. The number of aromatic nitrogens is 1. The van der Waals surface area contributed by atoms with Crippen LogP contribution in [0.25, 0.3) is 0 Å². The Bertz CT molecular complexity index is 503. The predicted octanol–water partition coefficient (Wildman–Crippen LogP) is 0.449. The van der Waals surface area contributed by atoms with E-state index in [1.807, 2.05) is 14.1 Å². The topological polar surface area (TPSA) is 56.7 Å². The number of carbonyl (C=O) groups excluding carboxylic acids is 1. The summed E-state index contributed by atoms with van der Waals surface area (Å²) < 4.78 is 0. The second-order valence-corrected chi connectivity index (χ2v) is 4.81. The van der Waals surface area contributed by atoms with Crippen LogP contribution in [0.5, 0.6) is 0 Å². The summed E-state index contributed by atoms with van der Waals surface area (Å²) in [5.41, 5.74) is 1.15. The Kier molecular flexibility index (Phi) is 6.71. The molecule has 0 radical (unpaired) electrons. The average Bonchev–Trinajstić information content (AvgIpc) is 2.44. The molecule has 0 saturated heterocycles. The van der Waals surface area contributed by atoms with E-state index >= 15 is 0 Å². The van der Waals surface area contributed by atoms with Crippen molar-refractivity contribution in [1.82, 2.24) is 14.8 Å². The quantitative estimate of drug-likeness (QED) is 0.793. The van der Waals surface area contributed by atoms with Crippen LogP contribution in [0.4, 0.5) is 0 Å². The van der Waals surface area contributed by atoms with Gasteiger partial charge < -0.3 is 14.9 Å². The summed E-state index contributed by atoms with van der Waals surface area (Å²) in [6, 6.07) is 1.69. The smallest absolute Gasteiger partial charge is 0.255 e. The maximum Gasteiger partial charge on any atom is 0.255 e. The fourth-order valence-electron chi connectivity index (χ4n) is 1.71. The van der Waals surface area contributed by atoms with Gasteiger partial charge in [0.15, 0.2) is 0 Å². The van der Waals surface area contributed by atoms with Gasteiger partial charge in [-0.05, 0) is 33.1 Å². The first-order chi connectivity index (χ1) is 9.54. The standard InChI is InChI=1S/C15H21N3O2/c1-17(2)7-5-8-18(3)15(20)14-10-13(6-4-9-19)11-16-12-14/h10-12,19H,5,7-9H2,1-3H3. The van der Waals surface area contributed by atoms with Crippen molar-refractivity contribution >= 4 is 5.91 Å². The molecule has 0 aliphatic heterocycles. The van der Waals surface area contributed by atoms with Gasteiger partial charge in [0.25, 0.3) is 5.91 Å². The van der Waals surface area contributed by atoms with Crippen LogP contribution in [0, 0.1) is 11.8 Å². The summed E-state index contributed by atoms with van der Waals surface area (Å²) in [6.07, 6.45) is 4.03. The number of rotatable bonds is 5. The van der Waals surface area contributed by atoms with Crippen LogP contribution in [0.2, 0.25) is 0 Å². The summed E-state index contributed by atoms with van der Waals surface area (Å²) >= 11 is 0. The number of hydrogen-bond donors (Lipinski definition) is 1. The molecule has 5 heteroatoms. The van der Waals surface area contributed by atoms with Crippen molar-refractivity contribution in [2.75, 3.05) is 40.8 Å². The van der Waals surface area contributed by atoms with E-state index in [1.165, 1.54) is 6.20 Å². The predicted molar refractivity (Wildman–Crippen MR) is 78.3 cm³/mol. The van der Waals surface area contributed by atoms with Crippen LogP contribution in [-0.2, 0) is 0 Å². The molecule has 5 nitrogen and oxygen atoms in total. The summed E-state index contributed by atoms with van der Waals surface area (Å²) in [5.74, 6) is 5.22. The van der Waals surface area contributed by atoms with E-state index in [0.717, 1.165) is 13.0 Å². The molecule has 0 aliphatic carbocycles. The van der Waals surface area contributed by atoms with Crippen LogP contribution in [0.3, 0.4) is 0 Å². The Balaban J connectivity index is 2.66. The third kappa shape index (κ3) is 5.39. The van der Waals surface area contributed by atoms with Gasteiger partial charge in [-0.1, -0.05) is 11.8 Å². The van der Waals surface area contributed by atoms with Gasteiger partial charge in [0.2, 0.25) is 0 Å². The number of carbonyl (C=O) groups is 1. The molecule has 20 heavy (non-hydrogen) atoms. The van der Waals surface area contributed by atoms with E-state index in [4.69, 9.17) is 5.11 Å². The van der Waals surface area contributed by atoms with Crippen LogP contribution >= 0.6 is 0 Å². The Morgan fingerprint density at radius 2 is 2.05 bits per heavy atom. The zero-order valence-electron chi connectivity index (χ0n) is 12.3. The lowest BCUT2D eigenvalue weighted by Gasteiger charge is -2.18. The van der Waals surface area contributed by atoms with Gasteiger partial charge in [-0.3, -0.25) is 9.78 Å². The highest BCUT2D eigenvalue weighted by Crippen LogP contribution is 2.05. The largest absolute Gasteiger partial charge is 0.384 e. The first kappa shape index (κ1) is 16.2. The van der Waals surface area contributed by atoms with E-state index in [-0.39, 0.29) is 12.5 Å². The van der Waals surface area contributed by atoms with Crippen molar-refractivity contribution in [2.24, 2.45) is 0 Å². The van der Waals surface area contributed by atoms with Crippen LogP contribution < -0.4 is 0 Å². The Morgan fingerprint density at radius 1 is 1.30 bits per heavy atom. The number of amides is 1. The lowest BCUT2D eigenvalue weighted by atomic mass is 10.2. The average molecular weight is 275 g/mol. The molecule has 1 amide bonds. The molecule has 0 aromatic carbocycles. The normalized spacial score (nSPS) is 10.1. The first-order valence-electron chi connectivity index (χ1n) is 6.49. The van der Waals surface area contributed by atoms with E-state index in [1.54, 1.807) is 24.2 Å². The van der Waals surface area contributed by atoms with Crippen molar-refractivity contribution in [3.63, 3.8) is 0 Å². The molecule has 0 bridgehead atoms. The third-order valence-corrected chi connectivity index (χ3v) is 2.74. The molecule has 108 valence electrons. The summed E-state index contributed by atoms with van der Waals surface area (Å²) in [7, 11) is 5.80. The maximum atomic E-state index is 12.2. The second-order valence-electron chi connectivity index (χ2n) is 4.81. The van der Waals surface area contributed by atoms with Crippen molar-refractivity contribution in [2.45, 2.75) is 6.42 Å². The molecule has 1 rings (SSSR count). The summed E-state index contributed by atoms with van der Waals surface area (Å²) in [5, 5.41) is 8.66. The third-order valence-electron chi connectivity index (χ3n) is 2.74. The van der Waals surface area contributed by atoms with Crippen LogP contribution in [-0.4, -0.2) is 66.6 Å². The molecule has 1 heterocycles. The summed E-state index contributed by atoms with van der Waals surface area (Å²) in [4.78, 5) is 20.0. The molecule has 1 aromatic rings. The van der Waals surface area contributed by atoms with Crippen molar-refractivity contribution in [3.05, 3.63) is 29.6 Å². The Hall–Kier alpha value is -1.90. The lowest BCUT2D eigenvalue weighted by Crippen LogP contribution is -2.29. The zero-order valence-corrected chi connectivity index (χ0v) is 12.3. The fraction of sp³-hybridized carbons (Fsp3) is 0.467. The second kappa shape index (κ2) is 8.31. The number of aliphatic hydroxyl groups excluding tert-OH is 1. The Labute approximate surface area is 120 Å². The SMILES string of the molecule is CN(C)CCCN(C)C(=O)c1cncc(C#CCO)c1. The van der Waals surface area contributed by atoms with Crippen molar-refractivity contribution < 1.29 is 9.90 Å². The molecule has 0 aliphatic rings. The van der Waals surface area contributed by atoms with Gasteiger partial charge in [0.1, 0.15) is 6.61 Å². The van der Waals surface area contributed by atoms with Crippen molar-refractivity contribution in [1.29, 1.82) is 0 Å². The monoisotopic (exact) mass is 275 g/mol. The highest BCUT2D eigenvalue weighted by Gasteiger charge is 2.12. The molecule has 0 unspecified atom stereocenters. The number of hydrogen-bond acceptors (Lipinski definition) is 4. The van der Waals surface area contributed by atoms with Gasteiger partial charge in [-0.25, -0.2) is 0 Å². The summed E-state index contributed by atoms with van der Waals surface area (Å²) in [6.45, 7) is 1.43. The molecule has 1 aromatic heterocycles. The molecular weight excluding hydrogens is 254 g/mol. The number of aliphatic hydroxyl groups is 1. The highest BCUT2D eigenvalue weighted by molar-refractivity contribution is 5.94. The molecular formula is C15H21N3O2. The van der Waals surface area contributed by atoms with Gasteiger partial charge >= 0.3 is 0 Å². The number of pyridine rings is 1. The molecule has 0 atom stereocenters. The maximum absolute atomic E-state index is 12.2. The molecule has 0 fully saturated rings. The van der Waals surface area contributed by atoms with E-state index in [0.29, 0.717) is 17.7 Å². The fourth-order valence-corrected chi connectivity index (χ4v) is 1.71. The Morgan fingerprint density at radius 3 is 2.70 bits per heavy atom. The van der Waals surface area contributed by atoms with Gasteiger partial charge in [-0.15, -0.1) is 0 Å². The van der Waals surface area contributed by atoms with Gasteiger partial charge in [0.05, 0.1) is 5.56 Å². The minimum absolute atomic E-state index is 0.0658. The highest BCUT2D eigenvalue weighted by atomic mass is 16.2. The van der Waals surface area contributed by atoms with Gasteiger partial charge in [-0.2, -0.15) is 0 Å². The molecule has 1 N–H and O–H groups in total. The van der Waals surface area contributed by atoms with Crippen molar-refractivity contribution in [3.8, 4) is 11.8 Å². The van der Waals surface area contributed by atoms with E-state index in [2.05, 4.69) is 21.7 Å². The van der Waals surface area contributed by atoms with E-state index in [9.17, 15) is 4.79 Å². The lowest BCUT2D eigenvalue weighted by molar-refractivity contribution is 0.0790. The van der Waals surface area contributed by atoms with Gasteiger partial charge in [0, 0.05) is 31.5 Å². The first-order valence-corrected chi connectivity index (χ1v) is 6.49. The molecule has 0 spiro atoms. The number of nitrogens with zero attached hydrogens (tertiary/aromatic N) is 3. The minimum atomic E-state index is -0.206. The zero-order chi connectivity index (χ0) is 15.0.